The van der Waals surface area contributed by atoms with Gasteiger partial charge >= 0.3 is 31.7 Å². The number of ether oxygens (including phenoxy) is 1. The minimum Gasteiger partial charge on any atom is -0.495 e. The van der Waals surface area contributed by atoms with Crippen LogP contribution in [-0.4, -0.2) is 52.5 Å². The molecule has 0 saturated heterocycles. The molecule has 11 heteroatoms. The van der Waals surface area contributed by atoms with E-state index in [1.54, 1.807) is 13.0 Å². The molecule has 0 aliphatic heterocycles. The van der Waals surface area contributed by atoms with Gasteiger partial charge in [0.25, 0.3) is 5.97 Å². The van der Waals surface area contributed by atoms with Gasteiger partial charge in [0.05, 0.1) is 6.61 Å². The fourth-order valence-electron chi connectivity index (χ4n) is 3.16. The maximum atomic E-state index is 11.4. The molecule has 0 aliphatic rings. The lowest BCUT2D eigenvalue weighted by Crippen LogP contribution is -2.57. The Kier molecular flexibility index (Phi) is 10.8. The van der Waals surface area contributed by atoms with Gasteiger partial charge in [-0.05, 0) is 71.8 Å². The van der Waals surface area contributed by atoms with Crippen LogP contribution in [0.25, 0.3) is 0 Å². The summed E-state index contributed by atoms with van der Waals surface area (Å²) in [5.41, 5.74) is 0. The predicted molar refractivity (Wildman–Crippen MR) is 120 cm³/mol. The fraction of sp³-hybridized carbons (Fsp3) is 0.765. The molecule has 0 fully saturated rings. The van der Waals surface area contributed by atoms with Crippen molar-refractivity contribution >= 4 is 45.9 Å². The minimum atomic E-state index is -2.59. The lowest BCUT2D eigenvalue weighted by Gasteiger charge is -2.40. The first-order chi connectivity index (χ1) is 12.5. The second-order valence-corrected chi connectivity index (χ2v) is 23.7. The first-order valence-electron chi connectivity index (χ1n) is 9.59. The van der Waals surface area contributed by atoms with Crippen LogP contribution in [0.4, 0.5) is 0 Å². The quantitative estimate of drug-likeness (QED) is 0.182. The molecule has 0 aromatic heterocycles. The Morgan fingerprint density at radius 3 is 1.82 bits per heavy atom. The van der Waals surface area contributed by atoms with Crippen LogP contribution in [0.3, 0.4) is 0 Å². The maximum Gasteiger partial charge on any atom is 0.386 e. The minimum absolute atomic E-state index is 0.314. The monoisotopic (exact) mass is 466 g/mol. The van der Waals surface area contributed by atoms with Crippen molar-refractivity contribution in [2.75, 3.05) is 6.61 Å². The van der Waals surface area contributed by atoms with Crippen LogP contribution in [0.1, 0.15) is 20.3 Å². The van der Waals surface area contributed by atoms with E-state index in [2.05, 4.69) is 13.1 Å². The van der Waals surface area contributed by atoms with Crippen molar-refractivity contribution in [2.45, 2.75) is 78.7 Å². The Bertz CT molecular complexity index is 560. The van der Waals surface area contributed by atoms with Gasteiger partial charge in [0.1, 0.15) is 0 Å². The van der Waals surface area contributed by atoms with Crippen molar-refractivity contribution in [3.63, 3.8) is 0 Å². The van der Waals surface area contributed by atoms with Crippen LogP contribution >= 0.6 is 0 Å². The largest absolute Gasteiger partial charge is 0.495 e. The van der Waals surface area contributed by atoms with Crippen LogP contribution in [-0.2, 0) is 31.1 Å². The molecule has 0 bridgehead atoms. The first-order valence-corrected chi connectivity index (χ1v) is 21.2. The number of carbonyl (C=O) groups excluding carboxylic acids is 2. The second-order valence-electron chi connectivity index (χ2n) is 8.63. The van der Waals surface area contributed by atoms with E-state index in [1.165, 1.54) is 13.0 Å². The van der Waals surface area contributed by atoms with Crippen LogP contribution in [0.5, 0.6) is 0 Å². The zero-order valence-electron chi connectivity index (χ0n) is 19.1. The third-order valence-electron chi connectivity index (χ3n) is 3.37. The standard InChI is InChI=1S/C17H38O7Si4/c1-11-13-17(19)20-14-12-15-25(3,4)22-27(7,8)24-28(9,10)23-26(5,6)21-16(2)18/h11,13H,12,14-15H2,1-10H3. The Morgan fingerprint density at radius 1 is 0.821 bits per heavy atom. The van der Waals surface area contributed by atoms with Gasteiger partial charge in [0.15, 0.2) is 8.32 Å². The molecule has 0 atom stereocenters. The lowest BCUT2D eigenvalue weighted by atomic mass is 10.5. The molecule has 0 saturated carbocycles. The molecule has 0 amide bonds. The number of hydrogen-bond acceptors (Lipinski definition) is 7. The van der Waals surface area contributed by atoms with E-state index in [4.69, 9.17) is 21.5 Å². The van der Waals surface area contributed by atoms with Gasteiger partial charge in [0, 0.05) is 13.0 Å². The molecule has 7 nitrogen and oxygen atoms in total. The average molecular weight is 467 g/mol. The zero-order valence-corrected chi connectivity index (χ0v) is 23.1. The number of carbonyl (C=O) groups is 2. The molecule has 0 rings (SSSR count). The molecule has 0 heterocycles. The van der Waals surface area contributed by atoms with E-state index in [-0.39, 0.29) is 11.9 Å². The number of rotatable bonds is 12. The number of hydrogen-bond donors (Lipinski definition) is 0. The third-order valence-corrected chi connectivity index (χ3v) is 17.7. The van der Waals surface area contributed by atoms with Gasteiger partial charge in [-0.25, -0.2) is 4.79 Å². The van der Waals surface area contributed by atoms with Crippen molar-refractivity contribution in [2.24, 2.45) is 0 Å². The van der Waals surface area contributed by atoms with Crippen LogP contribution < -0.4 is 0 Å². The van der Waals surface area contributed by atoms with Gasteiger partial charge in [0.2, 0.25) is 0 Å². The summed E-state index contributed by atoms with van der Waals surface area (Å²) in [6, 6.07) is 0.868. The van der Waals surface area contributed by atoms with Crippen LogP contribution in [0.2, 0.25) is 58.4 Å². The summed E-state index contributed by atoms with van der Waals surface area (Å²) in [4.78, 5) is 22.6. The molecule has 0 aromatic rings. The summed E-state index contributed by atoms with van der Waals surface area (Å²) in [5, 5.41) is 0. The topological polar surface area (TPSA) is 80.3 Å². The molecular formula is C17H38O7Si4. The molecule has 0 aromatic carbocycles. The summed E-state index contributed by atoms with van der Waals surface area (Å²) in [5.74, 6) is -0.650. The molecule has 0 radical (unpaired) electrons. The summed E-state index contributed by atoms with van der Waals surface area (Å²) >= 11 is 0. The molecular weight excluding hydrogens is 429 g/mol. The number of esters is 1. The van der Waals surface area contributed by atoms with Gasteiger partial charge in [-0.1, -0.05) is 6.08 Å². The fourth-order valence-corrected chi connectivity index (χ4v) is 21.3. The Hall–Kier alpha value is -0.572. The summed E-state index contributed by atoms with van der Waals surface area (Å²) < 4.78 is 29.5. The molecule has 0 spiro atoms. The van der Waals surface area contributed by atoms with Crippen molar-refractivity contribution in [1.29, 1.82) is 0 Å². The van der Waals surface area contributed by atoms with Crippen molar-refractivity contribution in [3.05, 3.63) is 12.2 Å². The average Bonchev–Trinajstić information content (AvgIpc) is 2.38. The highest BCUT2D eigenvalue weighted by molar-refractivity contribution is 6.88. The van der Waals surface area contributed by atoms with E-state index >= 15 is 0 Å². The first kappa shape index (κ1) is 27.4. The molecule has 28 heavy (non-hydrogen) atoms. The van der Waals surface area contributed by atoms with Gasteiger partial charge < -0.3 is 21.5 Å². The van der Waals surface area contributed by atoms with E-state index in [0.29, 0.717) is 6.61 Å². The highest BCUT2D eigenvalue weighted by atomic mass is 28.5. The third kappa shape index (κ3) is 13.6. The Morgan fingerprint density at radius 2 is 1.32 bits per heavy atom. The van der Waals surface area contributed by atoms with Crippen LogP contribution in [0, 0.1) is 0 Å². The maximum absolute atomic E-state index is 11.4. The normalized spacial score (nSPS) is 13.6. The highest BCUT2D eigenvalue weighted by Crippen LogP contribution is 2.26. The van der Waals surface area contributed by atoms with Gasteiger partial charge in [-0.2, -0.15) is 0 Å². The lowest BCUT2D eigenvalue weighted by molar-refractivity contribution is -0.138. The van der Waals surface area contributed by atoms with Crippen molar-refractivity contribution in [3.8, 4) is 0 Å². The highest BCUT2D eigenvalue weighted by Gasteiger charge is 2.44. The van der Waals surface area contributed by atoms with E-state index in [9.17, 15) is 9.59 Å². The Balaban J connectivity index is 4.69. The summed E-state index contributed by atoms with van der Waals surface area (Å²) in [6.07, 6.45) is 3.84. The Labute approximate surface area is 174 Å². The van der Waals surface area contributed by atoms with Crippen LogP contribution in [0.15, 0.2) is 12.2 Å². The SMILES string of the molecule is CC=CC(=O)OCCC[Si](C)(C)O[Si](C)(C)O[Si](C)(C)O[Si](C)(C)OC(C)=O. The smallest absolute Gasteiger partial charge is 0.386 e. The predicted octanol–water partition coefficient (Wildman–Crippen LogP) is 4.42. The molecule has 0 aliphatic carbocycles. The van der Waals surface area contributed by atoms with Gasteiger partial charge in [-0.3, -0.25) is 4.79 Å². The van der Waals surface area contributed by atoms with Crippen molar-refractivity contribution in [1.82, 2.24) is 0 Å². The summed E-state index contributed by atoms with van der Waals surface area (Å²) in [7, 11) is -9.57. The molecule has 0 unspecified atom stereocenters. The number of allylic oxidation sites excluding steroid dienone is 1. The molecule has 0 N–H and O–H groups in total. The van der Waals surface area contributed by atoms with E-state index in [1.807, 2.05) is 39.3 Å². The molecule has 164 valence electrons. The second kappa shape index (κ2) is 11.0. The summed E-state index contributed by atoms with van der Waals surface area (Å²) in [6.45, 7) is 19.5. The van der Waals surface area contributed by atoms with Gasteiger partial charge in [-0.15, -0.1) is 0 Å². The zero-order chi connectivity index (χ0) is 22.2. The van der Waals surface area contributed by atoms with Crippen molar-refractivity contribution < 1.29 is 31.1 Å². The van der Waals surface area contributed by atoms with E-state index < -0.39 is 34.0 Å². The van der Waals surface area contributed by atoms with E-state index in [0.717, 1.165) is 12.5 Å².